The van der Waals surface area contributed by atoms with Crippen LogP contribution in [0.25, 0.3) is 21.8 Å². The number of pyridine rings is 1. The van der Waals surface area contributed by atoms with Gasteiger partial charge >= 0.3 is 0 Å². The molecule has 0 saturated heterocycles. The van der Waals surface area contributed by atoms with Crippen LogP contribution in [0.2, 0.25) is 0 Å². The summed E-state index contributed by atoms with van der Waals surface area (Å²) in [6.07, 6.45) is 6.92. The molecule has 2 aromatic carbocycles. The molecule has 0 bridgehead atoms. The second kappa shape index (κ2) is 6.49. The molecule has 0 radical (unpaired) electrons. The number of aromatic nitrogens is 5. The Bertz CT molecular complexity index is 1220. The standard InChI is InChI=1S/C21H16N6/c1-2-4-15(5-3-1)13-27-20-7-6-17(10-16(20)11-25-27)26-21-18-8-9-22-12-19(18)23-14-24-21/h1-12,14H,13H2,(H,23,24,26). The second-order valence-corrected chi connectivity index (χ2v) is 6.30. The van der Waals surface area contributed by atoms with Gasteiger partial charge in [-0.05, 0) is 29.8 Å². The molecule has 0 fully saturated rings. The maximum Gasteiger partial charge on any atom is 0.141 e. The lowest BCUT2D eigenvalue weighted by Gasteiger charge is -2.09. The molecule has 0 amide bonds. The molecular formula is C21H16N6. The fourth-order valence-corrected chi connectivity index (χ4v) is 3.19. The molecule has 1 N–H and O–H groups in total. The van der Waals surface area contributed by atoms with Crippen LogP contribution >= 0.6 is 0 Å². The first-order chi connectivity index (χ1) is 13.4. The fourth-order valence-electron chi connectivity index (χ4n) is 3.19. The quantitative estimate of drug-likeness (QED) is 0.526. The smallest absolute Gasteiger partial charge is 0.141 e. The van der Waals surface area contributed by atoms with Gasteiger partial charge in [-0.2, -0.15) is 5.10 Å². The van der Waals surface area contributed by atoms with Crippen LogP contribution in [0.15, 0.2) is 79.5 Å². The number of hydrogen-bond acceptors (Lipinski definition) is 5. The van der Waals surface area contributed by atoms with Crippen LogP contribution in [0.4, 0.5) is 11.5 Å². The van der Waals surface area contributed by atoms with Crippen molar-refractivity contribution >= 4 is 33.3 Å². The van der Waals surface area contributed by atoms with Gasteiger partial charge in [0.15, 0.2) is 0 Å². The second-order valence-electron chi connectivity index (χ2n) is 6.30. The van der Waals surface area contributed by atoms with Gasteiger partial charge in [-0.3, -0.25) is 9.67 Å². The van der Waals surface area contributed by atoms with Crippen LogP contribution in [0.3, 0.4) is 0 Å². The minimum atomic E-state index is 0.751. The Balaban J connectivity index is 1.47. The number of rotatable bonds is 4. The maximum atomic E-state index is 4.54. The van der Waals surface area contributed by atoms with Gasteiger partial charge in [0.2, 0.25) is 0 Å². The Kier molecular flexibility index (Phi) is 3.72. The average Bonchev–Trinajstić information content (AvgIpc) is 3.11. The summed E-state index contributed by atoms with van der Waals surface area (Å²) in [5.74, 6) is 0.762. The van der Waals surface area contributed by atoms with Crippen molar-refractivity contribution in [2.24, 2.45) is 0 Å². The highest BCUT2D eigenvalue weighted by molar-refractivity contribution is 5.91. The summed E-state index contributed by atoms with van der Waals surface area (Å²) in [6, 6.07) is 18.5. The number of benzene rings is 2. The first-order valence-electron chi connectivity index (χ1n) is 8.68. The van der Waals surface area contributed by atoms with E-state index in [0.717, 1.165) is 39.9 Å². The molecule has 130 valence electrons. The Labute approximate surface area is 155 Å². The van der Waals surface area contributed by atoms with E-state index in [4.69, 9.17) is 0 Å². The maximum absolute atomic E-state index is 4.54. The first kappa shape index (κ1) is 15.5. The van der Waals surface area contributed by atoms with Crippen molar-refractivity contribution in [3.05, 3.63) is 85.1 Å². The minimum absolute atomic E-state index is 0.751. The van der Waals surface area contributed by atoms with Crippen molar-refractivity contribution in [3.63, 3.8) is 0 Å². The van der Waals surface area contributed by atoms with Gasteiger partial charge in [-0.15, -0.1) is 0 Å². The van der Waals surface area contributed by atoms with Gasteiger partial charge in [0, 0.05) is 22.7 Å². The molecule has 0 saturated carbocycles. The van der Waals surface area contributed by atoms with Crippen LogP contribution in [0.5, 0.6) is 0 Å². The Hall–Kier alpha value is -3.80. The van der Waals surface area contributed by atoms with E-state index in [0.29, 0.717) is 0 Å². The monoisotopic (exact) mass is 352 g/mol. The van der Waals surface area contributed by atoms with Crippen molar-refractivity contribution in [2.75, 3.05) is 5.32 Å². The van der Waals surface area contributed by atoms with E-state index in [-0.39, 0.29) is 0 Å². The average molecular weight is 352 g/mol. The summed E-state index contributed by atoms with van der Waals surface area (Å²) in [4.78, 5) is 12.7. The molecule has 0 atom stereocenters. The zero-order chi connectivity index (χ0) is 18.1. The molecule has 5 rings (SSSR count). The van der Waals surface area contributed by atoms with Crippen LogP contribution in [-0.2, 0) is 6.54 Å². The minimum Gasteiger partial charge on any atom is -0.340 e. The van der Waals surface area contributed by atoms with Gasteiger partial charge < -0.3 is 5.32 Å². The van der Waals surface area contributed by atoms with Crippen molar-refractivity contribution < 1.29 is 0 Å². The molecule has 0 aliphatic rings. The highest BCUT2D eigenvalue weighted by Crippen LogP contribution is 2.25. The van der Waals surface area contributed by atoms with Crippen molar-refractivity contribution in [1.82, 2.24) is 24.7 Å². The molecule has 0 aliphatic carbocycles. The zero-order valence-corrected chi connectivity index (χ0v) is 14.4. The lowest BCUT2D eigenvalue weighted by Crippen LogP contribution is -2.01. The summed E-state index contributed by atoms with van der Waals surface area (Å²) in [6.45, 7) is 0.751. The van der Waals surface area contributed by atoms with Gasteiger partial charge in [0.1, 0.15) is 12.1 Å². The Morgan fingerprint density at radius 2 is 1.85 bits per heavy atom. The predicted molar refractivity (Wildman–Crippen MR) is 106 cm³/mol. The topological polar surface area (TPSA) is 68.5 Å². The van der Waals surface area contributed by atoms with E-state index < -0.39 is 0 Å². The molecule has 0 aliphatic heterocycles. The number of nitrogens with zero attached hydrogens (tertiary/aromatic N) is 5. The molecular weight excluding hydrogens is 336 g/mol. The third-order valence-corrected chi connectivity index (χ3v) is 4.52. The summed E-state index contributed by atoms with van der Waals surface area (Å²) in [5, 5.41) is 9.94. The first-order valence-corrected chi connectivity index (χ1v) is 8.68. The van der Waals surface area contributed by atoms with Crippen LogP contribution < -0.4 is 5.32 Å². The molecule has 3 heterocycles. The van der Waals surface area contributed by atoms with E-state index >= 15 is 0 Å². The van der Waals surface area contributed by atoms with E-state index in [1.54, 1.807) is 18.7 Å². The van der Waals surface area contributed by atoms with Crippen molar-refractivity contribution in [3.8, 4) is 0 Å². The van der Waals surface area contributed by atoms with E-state index in [1.807, 2.05) is 41.2 Å². The van der Waals surface area contributed by atoms with Crippen LogP contribution in [-0.4, -0.2) is 24.7 Å². The number of nitrogens with one attached hydrogen (secondary N) is 1. The molecule has 0 unspecified atom stereocenters. The van der Waals surface area contributed by atoms with Crippen molar-refractivity contribution in [2.45, 2.75) is 6.54 Å². The molecule has 6 heteroatoms. The highest BCUT2D eigenvalue weighted by Gasteiger charge is 2.07. The summed E-state index contributed by atoms with van der Waals surface area (Å²) in [5.41, 5.74) is 4.09. The molecule has 0 spiro atoms. The lowest BCUT2D eigenvalue weighted by molar-refractivity contribution is 0.712. The van der Waals surface area contributed by atoms with Gasteiger partial charge in [0.05, 0.1) is 30.0 Å². The molecule has 6 nitrogen and oxygen atoms in total. The third kappa shape index (κ3) is 2.97. The highest BCUT2D eigenvalue weighted by atomic mass is 15.3. The fraction of sp³-hybridized carbons (Fsp3) is 0.0476. The van der Waals surface area contributed by atoms with Gasteiger partial charge in [0.25, 0.3) is 0 Å². The summed E-state index contributed by atoms with van der Waals surface area (Å²) < 4.78 is 2.01. The van der Waals surface area contributed by atoms with Crippen LogP contribution in [0, 0.1) is 0 Å². The van der Waals surface area contributed by atoms with E-state index in [2.05, 4.69) is 49.6 Å². The normalized spacial score (nSPS) is 11.1. The van der Waals surface area contributed by atoms with E-state index in [1.165, 1.54) is 5.56 Å². The molecule has 27 heavy (non-hydrogen) atoms. The predicted octanol–water partition coefficient (Wildman–Crippen LogP) is 4.17. The number of anilines is 2. The van der Waals surface area contributed by atoms with Gasteiger partial charge in [-0.25, -0.2) is 9.97 Å². The van der Waals surface area contributed by atoms with Crippen LogP contribution in [0.1, 0.15) is 5.56 Å². The van der Waals surface area contributed by atoms with Crippen molar-refractivity contribution in [1.29, 1.82) is 0 Å². The zero-order valence-electron chi connectivity index (χ0n) is 14.4. The molecule has 5 aromatic rings. The number of fused-ring (bicyclic) bond motifs is 2. The SMILES string of the molecule is c1ccc(Cn2ncc3cc(Nc4ncnc5cnccc45)ccc32)cc1. The lowest BCUT2D eigenvalue weighted by atomic mass is 10.2. The van der Waals surface area contributed by atoms with E-state index in [9.17, 15) is 0 Å². The molecule has 3 aromatic heterocycles. The largest absolute Gasteiger partial charge is 0.340 e. The third-order valence-electron chi connectivity index (χ3n) is 4.52. The summed E-state index contributed by atoms with van der Waals surface area (Å²) in [7, 11) is 0. The Morgan fingerprint density at radius 1 is 0.926 bits per heavy atom. The summed E-state index contributed by atoms with van der Waals surface area (Å²) >= 11 is 0. The Morgan fingerprint density at radius 3 is 2.78 bits per heavy atom. The number of hydrogen-bond donors (Lipinski definition) is 1. The van der Waals surface area contributed by atoms with Gasteiger partial charge in [-0.1, -0.05) is 30.3 Å².